The Balaban J connectivity index is 2.30. The number of aromatic nitrogens is 1. The lowest BCUT2D eigenvalue weighted by molar-refractivity contribution is 0.601. The van der Waals surface area contributed by atoms with Crippen LogP contribution < -0.4 is 10.5 Å². The molecule has 0 radical (unpaired) electrons. The van der Waals surface area contributed by atoms with Crippen LogP contribution in [0.4, 0.5) is 5.82 Å². The van der Waals surface area contributed by atoms with Crippen molar-refractivity contribution in [3.63, 3.8) is 0 Å². The first-order valence-corrected chi connectivity index (χ1v) is 7.72. The summed E-state index contributed by atoms with van der Waals surface area (Å²) in [6.07, 6.45) is 1.59. The smallest absolute Gasteiger partial charge is 0.263 e. The number of rotatable bonds is 4. The van der Waals surface area contributed by atoms with Gasteiger partial charge in [0, 0.05) is 17.8 Å². The highest BCUT2D eigenvalue weighted by Crippen LogP contribution is 2.22. The predicted octanol–water partition coefficient (Wildman–Crippen LogP) is 2.30. The van der Waals surface area contributed by atoms with Crippen molar-refractivity contribution in [2.75, 3.05) is 4.72 Å². The molecule has 0 aliphatic carbocycles. The molecule has 7 heteroatoms. The van der Waals surface area contributed by atoms with Crippen molar-refractivity contribution in [2.24, 2.45) is 5.73 Å². The third-order valence-corrected chi connectivity index (χ3v) is 4.41. The lowest BCUT2D eigenvalue weighted by atomic mass is 10.2. The molecule has 0 atom stereocenters. The largest absolute Gasteiger partial charge is 0.326 e. The molecule has 0 bridgehead atoms. The van der Waals surface area contributed by atoms with Crippen LogP contribution in [-0.2, 0) is 16.6 Å². The second-order valence-electron chi connectivity index (χ2n) is 4.28. The lowest BCUT2D eigenvalue weighted by Crippen LogP contribution is -2.14. The Kier molecular flexibility index (Phi) is 4.27. The van der Waals surface area contributed by atoms with Gasteiger partial charge in [0.2, 0.25) is 0 Å². The van der Waals surface area contributed by atoms with Crippen LogP contribution >= 0.6 is 11.6 Å². The SMILES string of the molecule is Cc1ccc(NS(=O)(=O)c2ccc(CN)c(Cl)c2)nc1. The lowest BCUT2D eigenvalue weighted by Gasteiger charge is -2.09. The standard InChI is InChI=1S/C13H14ClN3O2S/c1-9-2-5-13(16-8-9)17-20(18,19)11-4-3-10(7-15)12(14)6-11/h2-6,8H,7,15H2,1H3,(H,16,17). The molecule has 0 unspecified atom stereocenters. The third kappa shape index (κ3) is 3.27. The summed E-state index contributed by atoms with van der Waals surface area (Å²) in [5.41, 5.74) is 7.13. The van der Waals surface area contributed by atoms with E-state index in [1.54, 1.807) is 24.4 Å². The summed E-state index contributed by atoms with van der Waals surface area (Å²) in [5, 5.41) is 0.326. The van der Waals surface area contributed by atoms with Crippen molar-refractivity contribution in [3.05, 3.63) is 52.7 Å². The zero-order valence-corrected chi connectivity index (χ0v) is 12.4. The molecule has 2 rings (SSSR count). The Morgan fingerprint density at radius 1 is 1.30 bits per heavy atom. The van der Waals surface area contributed by atoms with Gasteiger partial charge in [-0.2, -0.15) is 0 Å². The number of hydrogen-bond acceptors (Lipinski definition) is 4. The Labute approximate surface area is 122 Å². The molecule has 1 aromatic heterocycles. The van der Waals surface area contributed by atoms with Crippen molar-refractivity contribution >= 4 is 27.4 Å². The van der Waals surface area contributed by atoms with Crippen LogP contribution in [-0.4, -0.2) is 13.4 Å². The summed E-state index contributed by atoms with van der Waals surface area (Å²) in [5.74, 6) is 0.259. The molecular weight excluding hydrogens is 298 g/mol. The maximum absolute atomic E-state index is 12.2. The molecule has 0 aliphatic rings. The van der Waals surface area contributed by atoms with Gasteiger partial charge in [-0.15, -0.1) is 0 Å². The molecule has 0 aliphatic heterocycles. The van der Waals surface area contributed by atoms with Crippen LogP contribution in [0.3, 0.4) is 0 Å². The van der Waals surface area contributed by atoms with Gasteiger partial charge in [-0.1, -0.05) is 23.7 Å². The fraction of sp³-hybridized carbons (Fsp3) is 0.154. The van der Waals surface area contributed by atoms with Gasteiger partial charge >= 0.3 is 0 Å². The molecule has 5 nitrogen and oxygen atoms in total. The molecule has 0 amide bonds. The molecule has 0 saturated carbocycles. The topological polar surface area (TPSA) is 85.1 Å². The van der Waals surface area contributed by atoms with Crippen molar-refractivity contribution < 1.29 is 8.42 Å². The third-order valence-electron chi connectivity index (χ3n) is 2.71. The predicted molar refractivity (Wildman–Crippen MR) is 79.1 cm³/mol. The van der Waals surface area contributed by atoms with Crippen LogP contribution in [0.2, 0.25) is 5.02 Å². The zero-order valence-electron chi connectivity index (χ0n) is 10.8. The highest BCUT2D eigenvalue weighted by atomic mass is 35.5. The second-order valence-corrected chi connectivity index (χ2v) is 6.37. The van der Waals surface area contributed by atoms with E-state index in [-0.39, 0.29) is 17.3 Å². The number of anilines is 1. The van der Waals surface area contributed by atoms with Gasteiger partial charge in [0.1, 0.15) is 5.82 Å². The normalized spacial score (nSPS) is 11.3. The van der Waals surface area contributed by atoms with Gasteiger partial charge in [-0.05, 0) is 36.2 Å². The maximum Gasteiger partial charge on any atom is 0.263 e. The molecule has 0 fully saturated rings. The molecule has 0 saturated heterocycles. The van der Waals surface area contributed by atoms with E-state index in [0.29, 0.717) is 10.6 Å². The van der Waals surface area contributed by atoms with E-state index in [4.69, 9.17) is 17.3 Å². The molecule has 1 heterocycles. The van der Waals surface area contributed by atoms with Crippen LogP contribution in [0, 0.1) is 6.92 Å². The van der Waals surface area contributed by atoms with Crippen molar-refractivity contribution in [1.82, 2.24) is 4.98 Å². The maximum atomic E-state index is 12.2. The average molecular weight is 312 g/mol. The van der Waals surface area contributed by atoms with Crippen molar-refractivity contribution in [2.45, 2.75) is 18.4 Å². The summed E-state index contributed by atoms with van der Waals surface area (Å²) >= 11 is 5.97. The average Bonchev–Trinajstić information content (AvgIpc) is 2.41. The number of nitrogens with one attached hydrogen (secondary N) is 1. The first kappa shape index (κ1) is 14.8. The van der Waals surface area contributed by atoms with Crippen LogP contribution in [0.5, 0.6) is 0 Å². The summed E-state index contributed by atoms with van der Waals surface area (Å²) in [6.45, 7) is 2.13. The van der Waals surface area contributed by atoms with Crippen LogP contribution in [0.1, 0.15) is 11.1 Å². The minimum atomic E-state index is -3.71. The zero-order chi connectivity index (χ0) is 14.8. The van der Waals surface area contributed by atoms with E-state index in [1.165, 1.54) is 12.1 Å². The molecule has 0 spiro atoms. The van der Waals surface area contributed by atoms with Crippen molar-refractivity contribution in [3.8, 4) is 0 Å². The second kappa shape index (κ2) is 5.78. The Bertz CT molecular complexity index is 715. The fourth-order valence-electron chi connectivity index (χ4n) is 1.59. The van der Waals surface area contributed by atoms with E-state index in [1.807, 2.05) is 6.92 Å². The van der Waals surface area contributed by atoms with Gasteiger partial charge in [0.05, 0.1) is 4.90 Å². The van der Waals surface area contributed by atoms with E-state index in [2.05, 4.69) is 9.71 Å². The molecule has 1 aromatic carbocycles. The Hall–Kier alpha value is -1.63. The minimum absolute atomic E-state index is 0.0714. The summed E-state index contributed by atoms with van der Waals surface area (Å²) in [6, 6.07) is 7.81. The van der Waals surface area contributed by atoms with Gasteiger partial charge < -0.3 is 5.73 Å². The fourth-order valence-corrected chi connectivity index (χ4v) is 2.94. The number of pyridine rings is 1. The molecule has 3 N–H and O–H groups in total. The van der Waals surface area contributed by atoms with Gasteiger partial charge in [-0.3, -0.25) is 4.72 Å². The Morgan fingerprint density at radius 2 is 2.05 bits per heavy atom. The number of halogens is 1. The van der Waals surface area contributed by atoms with Gasteiger partial charge in [0.25, 0.3) is 10.0 Å². The summed E-state index contributed by atoms with van der Waals surface area (Å²) in [7, 11) is -3.71. The number of aryl methyl sites for hydroxylation is 1. The first-order valence-electron chi connectivity index (χ1n) is 5.86. The first-order chi connectivity index (χ1) is 9.42. The van der Waals surface area contributed by atoms with Crippen LogP contribution in [0.15, 0.2) is 41.4 Å². The van der Waals surface area contributed by atoms with E-state index >= 15 is 0 Å². The minimum Gasteiger partial charge on any atom is -0.326 e. The van der Waals surface area contributed by atoms with Gasteiger partial charge in [0.15, 0.2) is 0 Å². The Morgan fingerprint density at radius 3 is 2.60 bits per heavy atom. The molecule has 20 heavy (non-hydrogen) atoms. The van der Waals surface area contributed by atoms with Crippen LogP contribution in [0.25, 0.3) is 0 Å². The molecule has 2 aromatic rings. The quantitative estimate of drug-likeness (QED) is 0.907. The number of sulfonamides is 1. The monoisotopic (exact) mass is 311 g/mol. The summed E-state index contributed by atoms with van der Waals surface area (Å²) < 4.78 is 26.8. The van der Waals surface area contributed by atoms with Gasteiger partial charge in [-0.25, -0.2) is 13.4 Å². The number of benzene rings is 1. The highest BCUT2D eigenvalue weighted by molar-refractivity contribution is 7.92. The molecular formula is C13H14ClN3O2S. The van der Waals surface area contributed by atoms with Crippen molar-refractivity contribution in [1.29, 1.82) is 0 Å². The number of nitrogens with zero attached hydrogens (tertiary/aromatic N) is 1. The number of hydrogen-bond donors (Lipinski definition) is 2. The van der Waals surface area contributed by atoms with E-state index in [9.17, 15) is 8.42 Å². The van der Waals surface area contributed by atoms with E-state index in [0.717, 1.165) is 5.56 Å². The number of nitrogens with two attached hydrogens (primary N) is 1. The highest BCUT2D eigenvalue weighted by Gasteiger charge is 2.16. The molecule has 106 valence electrons. The van der Waals surface area contributed by atoms with E-state index < -0.39 is 10.0 Å². The summed E-state index contributed by atoms with van der Waals surface area (Å²) in [4.78, 5) is 4.07.